The number of hydrogen-bond donors (Lipinski definition) is 2. The quantitative estimate of drug-likeness (QED) is 0.240. The van der Waals surface area contributed by atoms with Crippen LogP contribution in [0.25, 0.3) is 10.4 Å². The largest absolute Gasteiger partial charge is 0.489 e. The first-order valence-electron chi connectivity index (χ1n) is 11.0. The molecule has 1 atom stereocenters. The van der Waals surface area contributed by atoms with Gasteiger partial charge >= 0.3 is 13.5 Å². The Morgan fingerprint density at radius 3 is 2.34 bits per heavy atom. The lowest BCUT2D eigenvalue weighted by Gasteiger charge is -2.20. The molecule has 0 saturated carbocycles. The number of hydrogen-bond acceptors (Lipinski definition) is 5. The molecule has 4 aromatic rings. The van der Waals surface area contributed by atoms with Crippen LogP contribution in [0.3, 0.4) is 0 Å². The SMILES string of the molecule is COP(=O)(Nc1cc(-c2ccc(OCc3ccccc3)cc2)sc1C(=O)O)c1ccc(C)cc1C. The van der Waals surface area contributed by atoms with Crippen molar-refractivity contribution < 1.29 is 23.7 Å². The number of carboxylic acids is 1. The van der Waals surface area contributed by atoms with Crippen LogP contribution in [-0.2, 0) is 15.7 Å². The predicted octanol–water partition coefficient (Wildman–Crippen LogP) is 6.89. The molecule has 0 bridgehead atoms. The second kappa shape index (κ2) is 10.5. The Balaban J connectivity index is 1.58. The van der Waals surface area contributed by atoms with Crippen LogP contribution in [0.1, 0.15) is 26.4 Å². The van der Waals surface area contributed by atoms with E-state index in [-0.39, 0.29) is 10.6 Å². The van der Waals surface area contributed by atoms with Gasteiger partial charge in [0, 0.05) is 12.0 Å². The van der Waals surface area contributed by atoms with E-state index in [0.717, 1.165) is 38.5 Å². The first-order chi connectivity index (χ1) is 16.8. The number of carbonyl (C=O) groups is 1. The van der Waals surface area contributed by atoms with Gasteiger partial charge < -0.3 is 19.5 Å². The van der Waals surface area contributed by atoms with Gasteiger partial charge in [-0.15, -0.1) is 11.3 Å². The number of aryl methyl sites for hydroxylation is 2. The van der Waals surface area contributed by atoms with Crippen LogP contribution in [0.2, 0.25) is 0 Å². The molecule has 4 rings (SSSR count). The highest BCUT2D eigenvalue weighted by atomic mass is 32.1. The minimum Gasteiger partial charge on any atom is -0.489 e. The van der Waals surface area contributed by atoms with Crippen molar-refractivity contribution in [2.45, 2.75) is 20.5 Å². The van der Waals surface area contributed by atoms with Crippen LogP contribution < -0.4 is 15.1 Å². The van der Waals surface area contributed by atoms with Gasteiger partial charge in [0.25, 0.3) is 0 Å². The van der Waals surface area contributed by atoms with Gasteiger partial charge in [-0.2, -0.15) is 0 Å². The Labute approximate surface area is 208 Å². The van der Waals surface area contributed by atoms with Crippen LogP contribution in [0, 0.1) is 13.8 Å². The van der Waals surface area contributed by atoms with Crippen LogP contribution in [0.15, 0.2) is 78.9 Å². The Morgan fingerprint density at radius 2 is 1.71 bits per heavy atom. The van der Waals surface area contributed by atoms with Crippen LogP contribution in [-0.4, -0.2) is 18.2 Å². The highest BCUT2D eigenvalue weighted by Crippen LogP contribution is 2.48. The maximum atomic E-state index is 13.7. The van der Waals surface area contributed by atoms with Gasteiger partial charge in [-0.25, -0.2) is 4.79 Å². The zero-order valence-corrected chi connectivity index (χ0v) is 21.4. The van der Waals surface area contributed by atoms with Crippen LogP contribution in [0.4, 0.5) is 5.69 Å². The molecule has 0 aliphatic heterocycles. The molecule has 0 spiro atoms. The van der Waals surface area contributed by atoms with Crippen molar-refractivity contribution in [3.8, 4) is 16.2 Å². The number of aromatic carboxylic acids is 1. The maximum absolute atomic E-state index is 13.7. The van der Waals surface area contributed by atoms with E-state index in [2.05, 4.69) is 5.09 Å². The van der Waals surface area contributed by atoms with E-state index < -0.39 is 13.5 Å². The average Bonchev–Trinajstić information content (AvgIpc) is 3.27. The number of rotatable bonds is 9. The monoisotopic (exact) mass is 507 g/mol. The Kier molecular flexibility index (Phi) is 7.41. The second-order valence-electron chi connectivity index (χ2n) is 8.09. The molecule has 2 N–H and O–H groups in total. The fourth-order valence-electron chi connectivity index (χ4n) is 3.73. The van der Waals surface area contributed by atoms with Crippen molar-refractivity contribution in [3.63, 3.8) is 0 Å². The standard InChI is InChI=1S/C27H26NO5PS/c1-18-9-14-24(19(2)15-18)34(31,32-3)28-23-16-25(35-26(23)27(29)30)21-10-12-22(13-11-21)33-17-20-7-5-4-6-8-20/h4-16H,17H2,1-3H3,(H,28,31)(H,29,30). The molecule has 35 heavy (non-hydrogen) atoms. The van der Waals surface area contributed by atoms with E-state index >= 15 is 0 Å². The molecule has 6 nitrogen and oxygen atoms in total. The lowest BCUT2D eigenvalue weighted by molar-refractivity contribution is 0.0703. The Morgan fingerprint density at radius 1 is 1.00 bits per heavy atom. The van der Waals surface area contributed by atoms with Gasteiger partial charge in [-0.3, -0.25) is 4.57 Å². The third kappa shape index (κ3) is 5.65. The second-order valence-corrected chi connectivity index (χ2v) is 11.3. The molecule has 0 aliphatic rings. The summed E-state index contributed by atoms with van der Waals surface area (Å²) in [6.07, 6.45) is 0. The van der Waals surface area contributed by atoms with Gasteiger partial charge in [0.15, 0.2) is 0 Å². The maximum Gasteiger partial charge on any atom is 0.348 e. The first-order valence-corrected chi connectivity index (χ1v) is 13.4. The van der Waals surface area contributed by atoms with E-state index in [1.807, 2.05) is 80.6 Å². The molecule has 180 valence electrons. The van der Waals surface area contributed by atoms with Gasteiger partial charge in [-0.05, 0) is 66.9 Å². The zero-order valence-electron chi connectivity index (χ0n) is 19.6. The zero-order chi connectivity index (χ0) is 25.0. The van der Waals surface area contributed by atoms with E-state index in [9.17, 15) is 14.5 Å². The van der Waals surface area contributed by atoms with Gasteiger partial charge in [-0.1, -0.05) is 48.0 Å². The van der Waals surface area contributed by atoms with Crippen molar-refractivity contribution in [1.29, 1.82) is 0 Å². The fourth-order valence-corrected chi connectivity index (χ4v) is 6.47. The molecule has 1 aromatic heterocycles. The third-order valence-corrected chi connectivity index (χ3v) is 8.87. The Hall–Kier alpha value is -3.38. The summed E-state index contributed by atoms with van der Waals surface area (Å²) in [6.45, 7) is 4.27. The summed E-state index contributed by atoms with van der Waals surface area (Å²) in [7, 11) is -2.19. The lowest BCUT2D eigenvalue weighted by Crippen LogP contribution is -2.17. The predicted molar refractivity (Wildman–Crippen MR) is 141 cm³/mol. The highest BCUT2D eigenvalue weighted by Gasteiger charge is 2.30. The molecule has 1 heterocycles. The van der Waals surface area contributed by atoms with E-state index in [0.29, 0.717) is 17.7 Å². The minimum absolute atomic E-state index is 0.0615. The summed E-state index contributed by atoms with van der Waals surface area (Å²) in [5.74, 6) is -0.389. The molecule has 0 fully saturated rings. The highest BCUT2D eigenvalue weighted by molar-refractivity contribution is 7.68. The van der Waals surface area contributed by atoms with Gasteiger partial charge in [0.05, 0.1) is 11.0 Å². The molecular weight excluding hydrogens is 481 g/mol. The summed E-state index contributed by atoms with van der Waals surface area (Å²) < 4.78 is 25.0. The minimum atomic E-state index is -3.55. The molecule has 1 unspecified atom stereocenters. The Bertz CT molecular complexity index is 1380. The molecule has 0 amide bonds. The first kappa shape index (κ1) is 24.7. The number of benzene rings is 3. The van der Waals surface area contributed by atoms with E-state index in [1.165, 1.54) is 7.11 Å². The average molecular weight is 508 g/mol. The summed E-state index contributed by atoms with van der Waals surface area (Å²) in [4.78, 5) is 12.8. The van der Waals surface area contributed by atoms with Crippen molar-refractivity contribution in [3.05, 3.63) is 100 Å². The summed E-state index contributed by atoms with van der Waals surface area (Å²) in [5.41, 5.74) is 4.00. The fraction of sp³-hybridized carbons (Fsp3) is 0.148. The topological polar surface area (TPSA) is 84.9 Å². The van der Waals surface area contributed by atoms with Crippen LogP contribution >= 0.6 is 18.9 Å². The summed E-state index contributed by atoms with van der Waals surface area (Å²) >= 11 is 1.11. The molecular formula is C27H26NO5PS. The molecule has 0 aliphatic carbocycles. The number of thiophene rings is 1. The normalized spacial score (nSPS) is 12.7. The van der Waals surface area contributed by atoms with Crippen molar-refractivity contribution in [2.75, 3.05) is 12.2 Å². The van der Waals surface area contributed by atoms with E-state index in [4.69, 9.17) is 9.26 Å². The summed E-state index contributed by atoms with van der Waals surface area (Å²) in [5, 5.41) is 13.2. The number of anilines is 1. The van der Waals surface area contributed by atoms with Gasteiger partial charge in [0.2, 0.25) is 0 Å². The third-order valence-electron chi connectivity index (χ3n) is 5.51. The van der Waals surface area contributed by atoms with E-state index in [1.54, 1.807) is 12.1 Å². The lowest BCUT2D eigenvalue weighted by atomic mass is 10.2. The van der Waals surface area contributed by atoms with Crippen LogP contribution in [0.5, 0.6) is 5.75 Å². The molecule has 0 radical (unpaired) electrons. The molecule has 0 saturated heterocycles. The molecule has 8 heteroatoms. The summed E-state index contributed by atoms with van der Waals surface area (Å²) in [6, 6.07) is 24.6. The van der Waals surface area contributed by atoms with Gasteiger partial charge in [0.1, 0.15) is 17.2 Å². The number of ether oxygens (including phenoxy) is 1. The smallest absolute Gasteiger partial charge is 0.348 e. The number of carboxylic acid groups (broad SMARTS) is 1. The van der Waals surface area contributed by atoms with Crippen molar-refractivity contribution in [1.82, 2.24) is 0 Å². The molecule has 3 aromatic carbocycles. The van der Waals surface area contributed by atoms with Crippen molar-refractivity contribution >= 4 is 35.8 Å². The number of nitrogens with one attached hydrogen (secondary N) is 1. The van der Waals surface area contributed by atoms with Crippen molar-refractivity contribution in [2.24, 2.45) is 0 Å².